The molecule has 0 aliphatic heterocycles. The molecule has 1 aromatic rings. The van der Waals surface area contributed by atoms with Crippen LogP contribution in [0.15, 0.2) is 24.3 Å². The van der Waals surface area contributed by atoms with Crippen molar-refractivity contribution in [3.63, 3.8) is 0 Å². The van der Waals surface area contributed by atoms with Crippen LogP contribution in [0.4, 0.5) is 0 Å². The Labute approximate surface area is 114 Å². The Hall–Kier alpha value is -0.530. The van der Waals surface area contributed by atoms with Crippen molar-refractivity contribution in [2.45, 2.75) is 0 Å². The molecule has 0 aliphatic rings. The average Bonchev–Trinajstić information content (AvgIpc) is 2.17. The monoisotopic (exact) mass is 238 g/mol. The number of carbonyl (C=O) groups excluding carboxylic acids is 1. The molecule has 0 aromatic heterocycles. The number of carboxylic acids is 1. The maximum Gasteiger partial charge on any atom is 1.00 e. The van der Waals surface area contributed by atoms with Gasteiger partial charge in [0, 0.05) is 12.9 Å². The SMILES string of the molecule is O=C(O)c1cccc(C(=O)OS)c1.[Na+].[OH-]. The third-order valence-corrected chi connectivity index (χ3v) is 1.59. The molecule has 0 fully saturated rings. The molecule has 1 aromatic carbocycles. The molecule has 2 N–H and O–H groups in total. The second-order valence-electron chi connectivity index (χ2n) is 2.26. The smallest absolute Gasteiger partial charge is 0.870 e. The van der Waals surface area contributed by atoms with Gasteiger partial charge in [0.1, 0.15) is 0 Å². The van der Waals surface area contributed by atoms with E-state index in [1.807, 2.05) is 0 Å². The van der Waals surface area contributed by atoms with Gasteiger partial charge in [-0.3, -0.25) is 0 Å². The van der Waals surface area contributed by atoms with Crippen molar-refractivity contribution in [2.24, 2.45) is 0 Å². The van der Waals surface area contributed by atoms with Gasteiger partial charge in [-0.2, -0.15) is 0 Å². The maximum absolute atomic E-state index is 10.9. The summed E-state index contributed by atoms with van der Waals surface area (Å²) in [6.07, 6.45) is 0. The number of aromatic carboxylic acids is 1. The number of rotatable bonds is 2. The molecular formula is C8H7NaO5S. The predicted octanol–water partition coefficient (Wildman–Crippen LogP) is -1.79. The number of benzene rings is 1. The summed E-state index contributed by atoms with van der Waals surface area (Å²) in [5, 5.41) is 8.59. The van der Waals surface area contributed by atoms with Crippen LogP contribution in [0.2, 0.25) is 0 Å². The van der Waals surface area contributed by atoms with Crippen molar-refractivity contribution in [3.05, 3.63) is 35.4 Å². The van der Waals surface area contributed by atoms with E-state index in [1.165, 1.54) is 24.3 Å². The molecule has 0 bridgehead atoms. The van der Waals surface area contributed by atoms with Crippen LogP contribution in [0, 0.1) is 0 Å². The second kappa shape index (κ2) is 7.72. The molecule has 15 heavy (non-hydrogen) atoms. The van der Waals surface area contributed by atoms with Crippen molar-refractivity contribution in [3.8, 4) is 0 Å². The molecule has 5 nitrogen and oxygen atoms in total. The first-order chi connectivity index (χ1) is 6.15. The summed E-state index contributed by atoms with van der Waals surface area (Å²) in [6, 6.07) is 5.52. The van der Waals surface area contributed by atoms with Crippen LogP contribution in [0.3, 0.4) is 0 Å². The van der Waals surface area contributed by atoms with Crippen LogP contribution in [-0.2, 0) is 4.18 Å². The fraction of sp³-hybridized carbons (Fsp3) is 0. The molecule has 0 heterocycles. The summed E-state index contributed by atoms with van der Waals surface area (Å²) >= 11 is 3.32. The first kappa shape index (κ1) is 16.9. The molecule has 0 radical (unpaired) electrons. The van der Waals surface area contributed by atoms with Crippen molar-refractivity contribution in [2.75, 3.05) is 0 Å². The van der Waals surface area contributed by atoms with Gasteiger partial charge in [-0.25, -0.2) is 9.59 Å². The number of carbonyl (C=O) groups is 2. The van der Waals surface area contributed by atoms with E-state index in [0.29, 0.717) is 0 Å². The molecule has 0 amide bonds. The second-order valence-corrected chi connectivity index (χ2v) is 2.45. The zero-order chi connectivity index (χ0) is 9.84. The number of thiol groups is 1. The topological polar surface area (TPSA) is 93.6 Å². The van der Waals surface area contributed by atoms with Gasteiger partial charge in [-0.1, -0.05) is 6.07 Å². The van der Waals surface area contributed by atoms with Crippen LogP contribution in [0.5, 0.6) is 0 Å². The largest absolute Gasteiger partial charge is 1.00 e. The van der Waals surface area contributed by atoms with Crippen LogP contribution in [0.25, 0.3) is 0 Å². The van der Waals surface area contributed by atoms with Gasteiger partial charge in [-0.05, 0) is 18.2 Å². The standard InChI is InChI=1S/C8H6O4S.Na.H2O/c9-7(10)5-2-1-3-6(4-5)8(11)12-13;;/h1-4,13H,(H,9,10);;1H2/q;+1;/p-1. The third kappa shape index (κ3) is 4.67. The Morgan fingerprint density at radius 2 is 1.80 bits per heavy atom. The molecule has 0 saturated carbocycles. The summed E-state index contributed by atoms with van der Waals surface area (Å²) < 4.78 is 4.13. The van der Waals surface area contributed by atoms with Gasteiger partial charge in [0.15, 0.2) is 0 Å². The Bertz CT molecular complexity index is 355. The molecule has 76 valence electrons. The average molecular weight is 238 g/mol. The fourth-order valence-corrected chi connectivity index (χ4v) is 0.937. The zero-order valence-corrected chi connectivity index (χ0v) is 10.8. The molecule has 1 rings (SSSR count). The number of hydrogen-bond acceptors (Lipinski definition) is 5. The number of carboxylic acid groups (broad SMARTS) is 1. The van der Waals surface area contributed by atoms with E-state index in [0.717, 1.165) is 0 Å². The maximum atomic E-state index is 10.9. The van der Waals surface area contributed by atoms with Crippen molar-refractivity contribution in [1.82, 2.24) is 0 Å². The van der Waals surface area contributed by atoms with Gasteiger partial charge < -0.3 is 14.8 Å². The molecule has 7 heteroatoms. The van der Waals surface area contributed by atoms with Crippen molar-refractivity contribution >= 4 is 24.8 Å². The van der Waals surface area contributed by atoms with E-state index in [2.05, 4.69) is 17.1 Å². The Balaban J connectivity index is 0. The summed E-state index contributed by atoms with van der Waals surface area (Å²) in [5.41, 5.74) is 0.200. The Morgan fingerprint density at radius 3 is 2.27 bits per heavy atom. The fourth-order valence-electron chi connectivity index (χ4n) is 0.832. The van der Waals surface area contributed by atoms with Crippen molar-refractivity contribution < 1.29 is 53.9 Å². The van der Waals surface area contributed by atoms with Gasteiger partial charge in [0.25, 0.3) is 0 Å². The number of hydrogen-bond donors (Lipinski definition) is 2. The van der Waals surface area contributed by atoms with Gasteiger partial charge in [-0.15, -0.1) is 0 Å². The van der Waals surface area contributed by atoms with E-state index in [9.17, 15) is 9.59 Å². The summed E-state index contributed by atoms with van der Waals surface area (Å²) in [5.74, 6) is -1.76. The van der Waals surface area contributed by atoms with Crippen LogP contribution in [-0.4, -0.2) is 22.5 Å². The molecule has 0 saturated heterocycles. The van der Waals surface area contributed by atoms with Crippen molar-refractivity contribution in [1.29, 1.82) is 0 Å². The van der Waals surface area contributed by atoms with Crippen LogP contribution >= 0.6 is 12.9 Å². The van der Waals surface area contributed by atoms with E-state index < -0.39 is 11.9 Å². The molecule has 0 aliphatic carbocycles. The third-order valence-electron chi connectivity index (χ3n) is 1.43. The van der Waals surface area contributed by atoms with E-state index in [4.69, 9.17) is 5.11 Å². The minimum Gasteiger partial charge on any atom is -0.870 e. The Kier molecular flexibility index (Phi) is 8.69. The molecule has 0 unspecified atom stereocenters. The minimum atomic E-state index is -1.09. The Morgan fingerprint density at radius 1 is 1.27 bits per heavy atom. The molecule has 0 atom stereocenters. The van der Waals surface area contributed by atoms with E-state index >= 15 is 0 Å². The predicted molar refractivity (Wildman–Crippen MR) is 49.7 cm³/mol. The molecular weight excluding hydrogens is 231 g/mol. The first-order valence-corrected chi connectivity index (χ1v) is 3.71. The van der Waals surface area contributed by atoms with Gasteiger partial charge in [0.2, 0.25) is 0 Å². The van der Waals surface area contributed by atoms with E-state index in [1.54, 1.807) is 0 Å². The summed E-state index contributed by atoms with van der Waals surface area (Å²) in [7, 11) is 0. The summed E-state index contributed by atoms with van der Waals surface area (Å²) in [6.45, 7) is 0. The molecule has 0 spiro atoms. The summed E-state index contributed by atoms with van der Waals surface area (Å²) in [4.78, 5) is 21.4. The van der Waals surface area contributed by atoms with Crippen LogP contribution in [0.1, 0.15) is 20.7 Å². The van der Waals surface area contributed by atoms with Gasteiger partial charge >= 0.3 is 41.5 Å². The van der Waals surface area contributed by atoms with E-state index in [-0.39, 0.29) is 46.2 Å². The van der Waals surface area contributed by atoms with Crippen LogP contribution < -0.4 is 29.6 Å². The minimum absolute atomic E-state index is 0. The first-order valence-electron chi connectivity index (χ1n) is 3.34. The van der Waals surface area contributed by atoms with Gasteiger partial charge in [0.05, 0.1) is 11.1 Å². The quantitative estimate of drug-likeness (QED) is 0.361. The zero-order valence-electron chi connectivity index (χ0n) is 7.88. The normalized spacial score (nSPS) is 8.07.